The van der Waals surface area contributed by atoms with Crippen molar-refractivity contribution in [2.24, 2.45) is 17.8 Å². The van der Waals surface area contributed by atoms with Gasteiger partial charge in [0.2, 0.25) is 0 Å². The van der Waals surface area contributed by atoms with E-state index in [0.717, 1.165) is 114 Å². The Morgan fingerprint density at radius 2 is 0.533 bits per heavy atom. The van der Waals surface area contributed by atoms with E-state index in [1.807, 2.05) is 0 Å². The summed E-state index contributed by atoms with van der Waals surface area (Å²) in [6.45, 7) is 11.8. The molecule has 534 valence electrons. The molecule has 0 fully saturated rings. The van der Waals surface area contributed by atoms with Crippen molar-refractivity contribution in [2.45, 2.75) is 375 Å². The summed E-state index contributed by atoms with van der Waals surface area (Å²) < 4.78 is 68.3. The van der Waals surface area contributed by atoms with E-state index in [4.69, 9.17) is 37.0 Å². The summed E-state index contributed by atoms with van der Waals surface area (Å²) in [6.07, 6.45) is 45.9. The van der Waals surface area contributed by atoms with Gasteiger partial charge in [-0.2, -0.15) is 0 Å². The maximum Gasteiger partial charge on any atom is 0.472 e. The second-order valence-electron chi connectivity index (χ2n) is 26.4. The van der Waals surface area contributed by atoms with Gasteiger partial charge in [0, 0.05) is 25.7 Å². The summed E-state index contributed by atoms with van der Waals surface area (Å²) >= 11 is 0. The molecule has 0 spiro atoms. The minimum atomic E-state index is -4.95. The number of phosphoric acid groups is 2. The number of aliphatic hydroxyl groups excluding tert-OH is 1. The van der Waals surface area contributed by atoms with Crippen LogP contribution in [0.2, 0.25) is 0 Å². The van der Waals surface area contributed by atoms with Gasteiger partial charge in [-0.15, -0.1) is 0 Å². The molecule has 0 amide bonds. The van der Waals surface area contributed by atoms with Gasteiger partial charge in [-0.3, -0.25) is 37.3 Å². The minimum absolute atomic E-state index is 0.102. The molecular formula is C71H138O17P2. The monoisotopic (exact) mass is 1320 g/mol. The molecule has 5 unspecified atom stereocenters. The van der Waals surface area contributed by atoms with Gasteiger partial charge in [0.25, 0.3) is 0 Å². The molecule has 0 rings (SSSR count). The molecule has 3 N–H and O–H groups in total. The van der Waals surface area contributed by atoms with Crippen LogP contribution in [0.5, 0.6) is 0 Å². The van der Waals surface area contributed by atoms with Gasteiger partial charge in [0.1, 0.15) is 19.3 Å². The molecule has 0 bridgehead atoms. The Balaban J connectivity index is 5.23. The van der Waals surface area contributed by atoms with Gasteiger partial charge >= 0.3 is 39.5 Å². The fourth-order valence-corrected chi connectivity index (χ4v) is 12.2. The first-order valence-corrected chi connectivity index (χ1v) is 40.0. The third-order valence-electron chi connectivity index (χ3n) is 17.5. The van der Waals surface area contributed by atoms with E-state index in [1.165, 1.54) is 161 Å². The van der Waals surface area contributed by atoms with Crippen molar-refractivity contribution in [1.29, 1.82) is 0 Å². The smallest absolute Gasteiger partial charge is 0.462 e. The van der Waals surface area contributed by atoms with E-state index >= 15 is 0 Å². The zero-order valence-electron chi connectivity index (χ0n) is 58.6. The van der Waals surface area contributed by atoms with Crippen LogP contribution in [-0.2, 0) is 65.4 Å². The van der Waals surface area contributed by atoms with E-state index in [0.29, 0.717) is 25.7 Å². The zero-order valence-corrected chi connectivity index (χ0v) is 60.4. The van der Waals surface area contributed by atoms with Crippen LogP contribution in [0.1, 0.15) is 357 Å². The highest BCUT2D eigenvalue weighted by atomic mass is 31.2. The van der Waals surface area contributed by atoms with Crippen molar-refractivity contribution in [1.82, 2.24) is 0 Å². The van der Waals surface area contributed by atoms with Crippen molar-refractivity contribution in [2.75, 3.05) is 39.6 Å². The van der Waals surface area contributed by atoms with E-state index in [2.05, 4.69) is 48.5 Å². The summed E-state index contributed by atoms with van der Waals surface area (Å²) in [6, 6.07) is 0. The van der Waals surface area contributed by atoms with Gasteiger partial charge < -0.3 is 33.8 Å². The maximum atomic E-state index is 13.0. The van der Waals surface area contributed by atoms with E-state index in [9.17, 15) is 43.2 Å². The van der Waals surface area contributed by atoms with E-state index < -0.39 is 97.5 Å². The summed E-state index contributed by atoms with van der Waals surface area (Å²) in [4.78, 5) is 72.5. The van der Waals surface area contributed by atoms with Crippen LogP contribution in [-0.4, -0.2) is 96.7 Å². The Labute approximate surface area is 549 Å². The molecule has 0 saturated carbocycles. The van der Waals surface area contributed by atoms with Gasteiger partial charge in [-0.1, -0.05) is 305 Å². The highest BCUT2D eigenvalue weighted by Gasteiger charge is 2.30. The van der Waals surface area contributed by atoms with Crippen molar-refractivity contribution in [3.8, 4) is 0 Å². The predicted molar refractivity (Wildman–Crippen MR) is 363 cm³/mol. The number of ether oxygens (including phenoxy) is 4. The van der Waals surface area contributed by atoms with E-state index in [-0.39, 0.29) is 25.7 Å². The first-order chi connectivity index (χ1) is 43.3. The van der Waals surface area contributed by atoms with Gasteiger partial charge in [0.05, 0.1) is 26.4 Å². The van der Waals surface area contributed by atoms with Gasteiger partial charge in [-0.25, -0.2) is 9.13 Å². The molecule has 90 heavy (non-hydrogen) atoms. The first-order valence-electron chi connectivity index (χ1n) is 37.0. The average Bonchev–Trinajstić information content (AvgIpc) is 3.48. The Hall–Kier alpha value is -1.94. The van der Waals surface area contributed by atoms with Crippen LogP contribution in [0.4, 0.5) is 0 Å². The molecule has 0 aliphatic carbocycles. The molecule has 8 atom stereocenters. The molecule has 0 aliphatic rings. The topological polar surface area (TPSA) is 237 Å². The zero-order chi connectivity index (χ0) is 66.6. The largest absolute Gasteiger partial charge is 0.472 e. The van der Waals surface area contributed by atoms with Crippen LogP contribution in [0, 0.1) is 17.8 Å². The Bertz CT molecular complexity index is 1770. The number of carbonyl (C=O) groups is 4. The Morgan fingerprint density at radius 1 is 0.311 bits per heavy atom. The fraction of sp³-hybridized carbons (Fsp3) is 0.944. The number of hydrogen-bond donors (Lipinski definition) is 3. The van der Waals surface area contributed by atoms with Crippen molar-refractivity contribution in [3.63, 3.8) is 0 Å². The highest BCUT2D eigenvalue weighted by Crippen LogP contribution is 2.45. The lowest BCUT2D eigenvalue weighted by Crippen LogP contribution is -2.30. The van der Waals surface area contributed by atoms with Crippen LogP contribution in [0.3, 0.4) is 0 Å². The molecule has 19 heteroatoms. The number of rotatable bonds is 69. The number of unbranched alkanes of at least 4 members (excludes halogenated alkanes) is 34. The molecule has 0 aromatic heterocycles. The molecule has 0 aliphatic heterocycles. The van der Waals surface area contributed by atoms with Gasteiger partial charge in [0.15, 0.2) is 12.2 Å². The number of carbonyl (C=O) groups excluding carboxylic acids is 4. The number of hydrogen-bond acceptors (Lipinski definition) is 15. The minimum Gasteiger partial charge on any atom is -0.462 e. The van der Waals surface area contributed by atoms with Crippen LogP contribution >= 0.6 is 15.6 Å². The van der Waals surface area contributed by atoms with Crippen LogP contribution in [0.15, 0.2) is 0 Å². The summed E-state index contributed by atoms with van der Waals surface area (Å²) in [7, 11) is -9.90. The Morgan fingerprint density at radius 3 is 0.789 bits per heavy atom. The molecule has 0 aromatic carbocycles. The SMILES string of the molecule is CCCCCCCCCCCCCCCCCCCCC(=O)O[C@H](COC(=O)CCCCCCCCCCC(C)CC)COP(=O)(O)OC[C@@H](O)COP(=O)(O)OC[C@@H](COC(=O)CCCCCCCCC(C)CC)OC(=O)CCCCCCCCC(C)CC. The lowest BCUT2D eigenvalue weighted by atomic mass is 9.99. The first kappa shape index (κ1) is 88.1. The molecule has 0 aromatic rings. The second-order valence-corrected chi connectivity index (χ2v) is 29.3. The summed E-state index contributed by atoms with van der Waals surface area (Å²) in [5.41, 5.74) is 0. The lowest BCUT2D eigenvalue weighted by Gasteiger charge is -2.21. The second kappa shape index (κ2) is 61.9. The number of esters is 4. The molecular weight excluding hydrogens is 1190 g/mol. The molecule has 0 radical (unpaired) electrons. The molecule has 0 heterocycles. The summed E-state index contributed by atoms with van der Waals surface area (Å²) in [5.74, 6) is 0.0989. The number of phosphoric ester groups is 2. The quantitative estimate of drug-likeness (QED) is 0.0222. The standard InChI is InChI=1S/C71H138O17P2/c1-8-12-13-14-15-16-17-18-19-20-21-22-23-24-25-30-40-47-54-70(75)87-66(58-81-68(73)52-45-38-29-27-26-28-35-42-49-62(5)9-2)60-85-89(77,78)83-56-65(72)57-84-90(79,80)86-61-67(88-71(76)55-48-41-34-32-37-44-51-64(7)11-4)59-82-69(74)53-46-39-33-31-36-43-50-63(6)10-3/h62-67,72H,8-61H2,1-7H3,(H,77,78)(H,79,80)/t62?,63?,64?,65-,66-,67-/m1/s1. The maximum absolute atomic E-state index is 13.0. The van der Waals surface area contributed by atoms with Crippen molar-refractivity contribution in [3.05, 3.63) is 0 Å². The van der Waals surface area contributed by atoms with Gasteiger partial charge in [-0.05, 0) is 43.4 Å². The fourth-order valence-electron chi connectivity index (χ4n) is 10.6. The molecule has 0 saturated heterocycles. The van der Waals surface area contributed by atoms with Crippen molar-refractivity contribution < 1.29 is 80.2 Å². The molecule has 17 nitrogen and oxygen atoms in total. The lowest BCUT2D eigenvalue weighted by molar-refractivity contribution is -0.161. The van der Waals surface area contributed by atoms with Crippen LogP contribution in [0.25, 0.3) is 0 Å². The average molecular weight is 1330 g/mol. The summed E-state index contributed by atoms with van der Waals surface area (Å²) in [5, 5.41) is 10.6. The third kappa shape index (κ3) is 61.0. The van der Waals surface area contributed by atoms with Crippen molar-refractivity contribution >= 4 is 39.5 Å². The predicted octanol–water partition coefficient (Wildman–Crippen LogP) is 20.2. The normalized spacial score (nSPS) is 15.1. The number of aliphatic hydroxyl groups is 1. The van der Waals surface area contributed by atoms with Crippen LogP contribution < -0.4 is 0 Å². The highest BCUT2D eigenvalue weighted by molar-refractivity contribution is 7.47. The third-order valence-corrected chi connectivity index (χ3v) is 19.4. The Kier molecular flexibility index (Phi) is 60.6. The van der Waals surface area contributed by atoms with E-state index in [1.54, 1.807) is 0 Å².